The minimum Gasteiger partial charge on any atom is -0.351 e. The van der Waals surface area contributed by atoms with E-state index >= 15 is 0 Å². The molecular weight excluding hydrogens is 262 g/mol. The van der Waals surface area contributed by atoms with E-state index in [1.807, 2.05) is 18.7 Å². The van der Waals surface area contributed by atoms with Gasteiger partial charge >= 0.3 is 0 Å². The summed E-state index contributed by atoms with van der Waals surface area (Å²) < 4.78 is 0. The number of thioether (sulfide) groups is 1. The Morgan fingerprint density at radius 2 is 2.36 bits per heavy atom. The van der Waals surface area contributed by atoms with Crippen molar-refractivity contribution >= 4 is 33.6 Å². The summed E-state index contributed by atoms with van der Waals surface area (Å²) >= 11 is 5.26. The summed E-state index contributed by atoms with van der Waals surface area (Å²) in [7, 11) is 0. The summed E-state index contributed by atoms with van der Waals surface area (Å²) in [4.78, 5) is 11.4. The van der Waals surface area contributed by atoms with Crippen molar-refractivity contribution in [3.8, 4) is 0 Å². The van der Waals surface area contributed by atoms with Gasteiger partial charge in [-0.05, 0) is 25.5 Å². The minimum atomic E-state index is -0.0737. The average molecular weight is 280 g/mol. The van der Waals surface area contributed by atoms with Crippen molar-refractivity contribution in [1.29, 1.82) is 0 Å². The lowest BCUT2D eigenvalue weighted by Gasteiger charge is -2.20. The number of nitrogens with one attached hydrogen (secondary N) is 1. The van der Waals surface area contributed by atoms with Crippen LogP contribution < -0.4 is 5.32 Å². The molecule has 0 aromatic carbocycles. The number of carbonyl (C=O) groups is 1. The first kappa shape index (κ1) is 12.4. The van der Waals surface area contributed by atoms with Crippen LogP contribution in [-0.4, -0.2) is 27.8 Å². The Bertz CT molecular complexity index is 199. The molecule has 1 aliphatic rings. The number of alkyl halides is 1. The van der Waals surface area contributed by atoms with Crippen LogP contribution in [0.1, 0.15) is 33.1 Å². The zero-order valence-corrected chi connectivity index (χ0v) is 11.2. The Labute approximate surface area is 98.7 Å². The van der Waals surface area contributed by atoms with Crippen LogP contribution in [0.15, 0.2) is 0 Å². The molecule has 4 heteroatoms. The van der Waals surface area contributed by atoms with E-state index in [4.69, 9.17) is 0 Å². The smallest absolute Gasteiger partial charge is 0.233 e. The van der Waals surface area contributed by atoms with Gasteiger partial charge in [0.15, 0.2) is 0 Å². The van der Waals surface area contributed by atoms with Gasteiger partial charge < -0.3 is 5.32 Å². The number of amides is 1. The van der Waals surface area contributed by atoms with Crippen molar-refractivity contribution in [2.24, 2.45) is 0 Å². The van der Waals surface area contributed by atoms with Crippen LogP contribution >= 0.6 is 27.7 Å². The Balaban J connectivity index is 2.39. The molecule has 0 radical (unpaired) electrons. The predicted molar refractivity (Wildman–Crippen MR) is 66.1 cm³/mol. The fourth-order valence-electron chi connectivity index (χ4n) is 1.80. The highest BCUT2D eigenvalue weighted by Gasteiger charge is 2.28. The second kappa shape index (κ2) is 6.01. The first-order valence-corrected chi connectivity index (χ1v) is 7.17. The molecule has 0 aliphatic heterocycles. The number of hydrogen-bond acceptors (Lipinski definition) is 2. The van der Waals surface area contributed by atoms with Crippen molar-refractivity contribution < 1.29 is 4.79 Å². The predicted octanol–water partition coefficient (Wildman–Crippen LogP) is 2.56. The molecule has 1 N–H and O–H groups in total. The van der Waals surface area contributed by atoms with Gasteiger partial charge in [0.25, 0.3) is 0 Å². The lowest BCUT2D eigenvalue weighted by atomic mass is 10.2. The molecule has 1 rings (SSSR count). The summed E-state index contributed by atoms with van der Waals surface area (Å²) in [5.74, 6) is 1.26. The molecule has 1 amide bonds. The number of rotatable bonds is 4. The molecule has 2 nitrogen and oxygen atoms in total. The van der Waals surface area contributed by atoms with Crippen molar-refractivity contribution in [2.45, 2.75) is 49.2 Å². The first-order valence-electron chi connectivity index (χ1n) is 5.21. The molecule has 0 aromatic rings. The Hall–Kier alpha value is 0.300. The Kier molecular flexibility index (Phi) is 5.31. The third kappa shape index (κ3) is 3.46. The molecule has 0 saturated heterocycles. The molecule has 3 atom stereocenters. The maximum Gasteiger partial charge on any atom is 0.233 e. The highest BCUT2D eigenvalue weighted by Crippen LogP contribution is 2.29. The summed E-state index contributed by atoms with van der Waals surface area (Å²) in [6.45, 7) is 4.04. The Morgan fingerprint density at radius 3 is 2.93 bits per heavy atom. The molecule has 0 heterocycles. The summed E-state index contributed by atoms with van der Waals surface area (Å²) in [5.41, 5.74) is 0. The van der Waals surface area contributed by atoms with Crippen LogP contribution in [0.25, 0.3) is 0 Å². The van der Waals surface area contributed by atoms with Gasteiger partial charge in [-0.25, -0.2) is 0 Å². The standard InChI is InChI=1S/C10H18BrNOS/c1-3-14-9-6-4-5-8(9)12-10(13)7(2)11/h7-9H,3-6H2,1-2H3,(H,12,13). The third-order valence-corrected chi connectivity index (χ3v) is 4.26. The van der Waals surface area contributed by atoms with Crippen molar-refractivity contribution in [1.82, 2.24) is 5.32 Å². The van der Waals surface area contributed by atoms with Gasteiger partial charge in [0.2, 0.25) is 5.91 Å². The van der Waals surface area contributed by atoms with Gasteiger partial charge in [-0.3, -0.25) is 4.79 Å². The molecule has 0 spiro atoms. The summed E-state index contributed by atoms with van der Waals surface area (Å²) in [6.07, 6.45) is 3.64. The van der Waals surface area contributed by atoms with E-state index in [9.17, 15) is 4.79 Å². The lowest BCUT2D eigenvalue weighted by Crippen LogP contribution is -2.41. The quantitative estimate of drug-likeness (QED) is 0.802. The molecule has 1 fully saturated rings. The van der Waals surface area contributed by atoms with Crippen molar-refractivity contribution in [3.05, 3.63) is 0 Å². The topological polar surface area (TPSA) is 29.1 Å². The van der Waals surface area contributed by atoms with Gasteiger partial charge in [0.1, 0.15) is 0 Å². The average Bonchev–Trinajstić information content (AvgIpc) is 2.53. The Morgan fingerprint density at radius 1 is 1.64 bits per heavy atom. The third-order valence-electron chi connectivity index (χ3n) is 2.52. The van der Waals surface area contributed by atoms with Gasteiger partial charge in [-0.15, -0.1) is 0 Å². The van der Waals surface area contributed by atoms with E-state index in [0.717, 1.165) is 12.2 Å². The van der Waals surface area contributed by atoms with Gasteiger partial charge in [-0.2, -0.15) is 11.8 Å². The SMILES string of the molecule is CCSC1CCCC1NC(=O)C(C)Br. The molecule has 1 aliphatic carbocycles. The fraction of sp³-hybridized carbons (Fsp3) is 0.900. The maximum absolute atomic E-state index is 11.5. The second-order valence-electron chi connectivity index (χ2n) is 3.66. The van der Waals surface area contributed by atoms with Gasteiger partial charge in [0.05, 0.1) is 4.83 Å². The molecule has 14 heavy (non-hydrogen) atoms. The van der Waals surface area contributed by atoms with Crippen molar-refractivity contribution in [3.63, 3.8) is 0 Å². The van der Waals surface area contributed by atoms with Crippen LogP contribution in [0.3, 0.4) is 0 Å². The van der Waals surface area contributed by atoms with Crippen LogP contribution in [-0.2, 0) is 4.79 Å². The molecule has 0 aromatic heterocycles. The van der Waals surface area contributed by atoms with E-state index in [1.54, 1.807) is 0 Å². The van der Waals surface area contributed by atoms with E-state index < -0.39 is 0 Å². The van der Waals surface area contributed by atoms with Crippen LogP contribution in [0.4, 0.5) is 0 Å². The minimum absolute atomic E-state index is 0.0737. The molecule has 82 valence electrons. The molecule has 1 saturated carbocycles. The lowest BCUT2D eigenvalue weighted by molar-refractivity contribution is -0.120. The maximum atomic E-state index is 11.5. The number of halogens is 1. The van der Waals surface area contributed by atoms with Gasteiger partial charge in [0, 0.05) is 11.3 Å². The van der Waals surface area contributed by atoms with E-state index in [1.165, 1.54) is 12.8 Å². The molecule has 3 unspecified atom stereocenters. The summed E-state index contributed by atoms with van der Waals surface area (Å²) in [5, 5.41) is 3.74. The first-order chi connectivity index (χ1) is 6.65. The zero-order chi connectivity index (χ0) is 10.6. The normalized spacial score (nSPS) is 28.8. The molecule has 0 bridgehead atoms. The number of carbonyl (C=O) groups excluding carboxylic acids is 1. The van der Waals surface area contributed by atoms with E-state index in [0.29, 0.717) is 11.3 Å². The highest BCUT2D eigenvalue weighted by atomic mass is 79.9. The highest BCUT2D eigenvalue weighted by molar-refractivity contribution is 9.10. The molecular formula is C10H18BrNOS. The zero-order valence-electron chi connectivity index (χ0n) is 8.75. The largest absolute Gasteiger partial charge is 0.351 e. The van der Waals surface area contributed by atoms with E-state index in [-0.39, 0.29) is 10.7 Å². The number of hydrogen-bond donors (Lipinski definition) is 1. The second-order valence-corrected chi connectivity index (χ2v) is 6.55. The summed E-state index contributed by atoms with van der Waals surface area (Å²) in [6, 6.07) is 0.396. The van der Waals surface area contributed by atoms with Crippen molar-refractivity contribution in [2.75, 3.05) is 5.75 Å². The van der Waals surface area contributed by atoms with Gasteiger partial charge in [-0.1, -0.05) is 29.3 Å². The van der Waals surface area contributed by atoms with Crippen LogP contribution in [0, 0.1) is 0 Å². The monoisotopic (exact) mass is 279 g/mol. The van der Waals surface area contributed by atoms with Crippen LogP contribution in [0.5, 0.6) is 0 Å². The van der Waals surface area contributed by atoms with E-state index in [2.05, 4.69) is 28.2 Å². The fourth-order valence-corrected chi connectivity index (χ4v) is 3.13. The van der Waals surface area contributed by atoms with Crippen LogP contribution in [0.2, 0.25) is 0 Å².